The van der Waals surface area contributed by atoms with Crippen LogP contribution in [0.1, 0.15) is 44.9 Å². The maximum atomic E-state index is 13.9. The van der Waals surface area contributed by atoms with Gasteiger partial charge < -0.3 is 18.9 Å². The summed E-state index contributed by atoms with van der Waals surface area (Å²) in [6.07, 6.45) is 1.67. The molecule has 1 aliphatic heterocycles. The second-order valence-corrected chi connectivity index (χ2v) is 11.5. The number of benzene rings is 2. The summed E-state index contributed by atoms with van der Waals surface area (Å²) >= 11 is 9.67. The zero-order valence-electron chi connectivity index (χ0n) is 22.3. The lowest BCUT2D eigenvalue weighted by molar-refractivity contribution is -0.139. The van der Waals surface area contributed by atoms with Gasteiger partial charge in [0, 0.05) is 10.6 Å². The highest BCUT2D eigenvalue weighted by atomic mass is 127. The summed E-state index contributed by atoms with van der Waals surface area (Å²) in [5, 5.41) is 0.522. The molecule has 3 aromatic rings. The Hall–Kier alpha value is -2.83. The summed E-state index contributed by atoms with van der Waals surface area (Å²) < 4.78 is 25.2. The lowest BCUT2D eigenvalue weighted by Gasteiger charge is -2.25. The Morgan fingerprint density at radius 2 is 1.95 bits per heavy atom. The van der Waals surface area contributed by atoms with Gasteiger partial charge in [-0.2, -0.15) is 0 Å². The molecule has 0 saturated carbocycles. The Bertz CT molecular complexity index is 1640. The molecule has 0 amide bonds. The van der Waals surface area contributed by atoms with Crippen molar-refractivity contribution < 1.29 is 23.7 Å². The fourth-order valence-corrected chi connectivity index (χ4v) is 6.67. The van der Waals surface area contributed by atoms with E-state index in [4.69, 9.17) is 30.5 Å². The van der Waals surface area contributed by atoms with Crippen molar-refractivity contribution in [3.8, 4) is 17.2 Å². The summed E-state index contributed by atoms with van der Waals surface area (Å²) in [6.45, 7) is 7.51. The van der Waals surface area contributed by atoms with Crippen LogP contribution in [0.4, 0.5) is 0 Å². The molecular weight excluding hydrogens is 655 g/mol. The number of carbonyl (C=O) groups is 1. The third-order valence-corrected chi connectivity index (χ3v) is 7.91. The number of hydrogen-bond donors (Lipinski definition) is 0. The fraction of sp³-hybridized carbons (Fsp3) is 0.321. The molecule has 1 aromatic heterocycles. The number of nitrogens with zero attached hydrogens (tertiary/aromatic N) is 2. The number of ether oxygens (including phenoxy) is 4. The second kappa shape index (κ2) is 12.1. The molecule has 206 valence electrons. The van der Waals surface area contributed by atoms with Crippen LogP contribution < -0.4 is 29.1 Å². The van der Waals surface area contributed by atoms with Crippen LogP contribution in [0.5, 0.6) is 17.2 Å². The van der Waals surface area contributed by atoms with Crippen molar-refractivity contribution in [2.24, 2.45) is 4.99 Å². The van der Waals surface area contributed by atoms with E-state index >= 15 is 0 Å². The standard InChI is InChI=1S/C28H28ClIN2O6S/c1-7-37-27(34)23-15(4)31-28-32(24(23)16-8-9-20(38-14(2)3)21(11-16)35-5)26(33)22(39-28)12-17-10-18(29)13-19(30)25(17)36-6/h8-14,24H,7H2,1-6H3/b22-12+/t24-/m1/s1. The predicted molar refractivity (Wildman–Crippen MR) is 160 cm³/mol. The maximum Gasteiger partial charge on any atom is 0.338 e. The third kappa shape index (κ3) is 5.87. The SMILES string of the molecule is CCOC(=O)C1=C(C)N=c2s/c(=C/c3cc(Cl)cc(I)c3OC)c(=O)n2[C@@H]1c1ccc(OC(C)C)c(OC)c1. The molecule has 2 aromatic carbocycles. The number of allylic oxidation sites excluding steroid dienone is 1. The highest BCUT2D eigenvalue weighted by Crippen LogP contribution is 2.36. The topological polar surface area (TPSA) is 88.4 Å². The highest BCUT2D eigenvalue weighted by Gasteiger charge is 2.34. The molecule has 4 rings (SSSR count). The van der Waals surface area contributed by atoms with Crippen LogP contribution in [-0.2, 0) is 9.53 Å². The van der Waals surface area contributed by atoms with Crippen molar-refractivity contribution >= 4 is 57.6 Å². The maximum absolute atomic E-state index is 13.9. The number of halogens is 2. The first-order chi connectivity index (χ1) is 18.6. The van der Waals surface area contributed by atoms with E-state index in [1.165, 1.54) is 15.9 Å². The first-order valence-corrected chi connectivity index (χ1v) is 14.4. The summed E-state index contributed by atoms with van der Waals surface area (Å²) in [5.41, 5.74) is 1.77. The molecular formula is C28H28ClIN2O6S. The molecule has 11 heteroatoms. The first-order valence-electron chi connectivity index (χ1n) is 12.2. The van der Waals surface area contributed by atoms with Gasteiger partial charge in [-0.15, -0.1) is 0 Å². The predicted octanol–water partition coefficient (Wildman–Crippen LogP) is 4.86. The van der Waals surface area contributed by atoms with Gasteiger partial charge in [0.1, 0.15) is 5.75 Å². The number of thiazole rings is 1. The van der Waals surface area contributed by atoms with Gasteiger partial charge in [-0.1, -0.05) is 29.0 Å². The van der Waals surface area contributed by atoms with Crippen molar-refractivity contribution in [1.29, 1.82) is 0 Å². The molecule has 0 unspecified atom stereocenters. The lowest BCUT2D eigenvalue weighted by atomic mass is 9.95. The average Bonchev–Trinajstić information content (AvgIpc) is 3.17. The monoisotopic (exact) mass is 682 g/mol. The number of aromatic nitrogens is 1. The molecule has 0 bridgehead atoms. The lowest BCUT2D eigenvalue weighted by Crippen LogP contribution is -2.40. The molecule has 0 aliphatic carbocycles. The van der Waals surface area contributed by atoms with Crippen molar-refractivity contribution in [2.45, 2.75) is 39.8 Å². The number of methoxy groups -OCH3 is 2. The Morgan fingerprint density at radius 1 is 1.21 bits per heavy atom. The number of carbonyl (C=O) groups excluding carboxylic acids is 1. The summed E-state index contributed by atoms with van der Waals surface area (Å²) in [4.78, 5) is 32.2. The Morgan fingerprint density at radius 3 is 2.59 bits per heavy atom. The first kappa shape index (κ1) is 29.2. The van der Waals surface area contributed by atoms with E-state index in [0.717, 1.165) is 3.57 Å². The third-order valence-electron chi connectivity index (χ3n) is 5.91. The summed E-state index contributed by atoms with van der Waals surface area (Å²) in [7, 11) is 3.12. The number of fused-ring (bicyclic) bond motifs is 1. The molecule has 0 fully saturated rings. The van der Waals surface area contributed by atoms with E-state index in [1.807, 2.05) is 19.9 Å². The van der Waals surface area contributed by atoms with Crippen LogP contribution in [0.3, 0.4) is 0 Å². The Balaban J connectivity index is 1.98. The molecule has 2 heterocycles. The molecule has 0 spiro atoms. The van der Waals surface area contributed by atoms with Gasteiger partial charge in [-0.3, -0.25) is 9.36 Å². The Labute approximate surface area is 248 Å². The number of esters is 1. The average molecular weight is 683 g/mol. The van der Waals surface area contributed by atoms with Crippen molar-refractivity contribution in [3.05, 3.63) is 81.0 Å². The van der Waals surface area contributed by atoms with Gasteiger partial charge in [0.25, 0.3) is 5.56 Å². The van der Waals surface area contributed by atoms with Crippen LogP contribution in [-0.4, -0.2) is 37.5 Å². The number of hydrogen-bond acceptors (Lipinski definition) is 8. The van der Waals surface area contributed by atoms with Crippen LogP contribution >= 0.6 is 45.5 Å². The van der Waals surface area contributed by atoms with E-state index in [2.05, 4.69) is 27.6 Å². The van der Waals surface area contributed by atoms with Crippen LogP contribution in [0.15, 0.2) is 51.4 Å². The minimum atomic E-state index is -0.786. The molecule has 0 saturated heterocycles. The van der Waals surface area contributed by atoms with Crippen molar-refractivity contribution in [3.63, 3.8) is 0 Å². The minimum absolute atomic E-state index is 0.0637. The van der Waals surface area contributed by atoms with E-state index in [-0.39, 0.29) is 23.8 Å². The van der Waals surface area contributed by atoms with Gasteiger partial charge in [0.05, 0.1) is 52.3 Å². The molecule has 0 N–H and O–H groups in total. The van der Waals surface area contributed by atoms with E-state index in [0.29, 0.717) is 48.4 Å². The summed E-state index contributed by atoms with van der Waals surface area (Å²) in [6, 6.07) is 8.12. The highest BCUT2D eigenvalue weighted by molar-refractivity contribution is 14.1. The van der Waals surface area contributed by atoms with E-state index in [9.17, 15) is 9.59 Å². The number of rotatable bonds is 8. The van der Waals surface area contributed by atoms with Crippen molar-refractivity contribution in [1.82, 2.24) is 4.57 Å². The second-order valence-electron chi connectivity index (χ2n) is 8.89. The Kier molecular flexibility index (Phi) is 9.07. The summed E-state index contributed by atoms with van der Waals surface area (Å²) in [5.74, 6) is 1.12. The molecule has 8 nitrogen and oxygen atoms in total. The molecule has 39 heavy (non-hydrogen) atoms. The van der Waals surface area contributed by atoms with Crippen LogP contribution in [0.25, 0.3) is 6.08 Å². The fourth-order valence-electron chi connectivity index (χ4n) is 4.36. The zero-order chi connectivity index (χ0) is 28.4. The zero-order valence-corrected chi connectivity index (χ0v) is 26.1. The van der Waals surface area contributed by atoms with Crippen LogP contribution in [0.2, 0.25) is 5.02 Å². The molecule has 0 radical (unpaired) electrons. The van der Waals surface area contributed by atoms with Gasteiger partial charge in [0.2, 0.25) is 0 Å². The van der Waals surface area contributed by atoms with Gasteiger partial charge in [-0.25, -0.2) is 9.79 Å². The quantitative estimate of drug-likeness (QED) is 0.249. The normalized spacial score (nSPS) is 15.2. The van der Waals surface area contributed by atoms with Gasteiger partial charge in [0.15, 0.2) is 16.3 Å². The molecule has 1 aliphatic rings. The van der Waals surface area contributed by atoms with Gasteiger partial charge in [-0.05, 0) is 86.2 Å². The minimum Gasteiger partial charge on any atom is -0.495 e. The largest absolute Gasteiger partial charge is 0.495 e. The van der Waals surface area contributed by atoms with Gasteiger partial charge >= 0.3 is 5.97 Å². The smallest absolute Gasteiger partial charge is 0.338 e. The van der Waals surface area contributed by atoms with Crippen molar-refractivity contribution in [2.75, 3.05) is 20.8 Å². The van der Waals surface area contributed by atoms with E-state index in [1.54, 1.807) is 58.4 Å². The van der Waals surface area contributed by atoms with E-state index < -0.39 is 12.0 Å². The molecule has 1 atom stereocenters. The van der Waals surface area contributed by atoms with Crippen LogP contribution in [0, 0.1) is 3.57 Å².